The van der Waals surface area contributed by atoms with E-state index >= 15 is 0 Å². The van der Waals surface area contributed by atoms with Crippen molar-refractivity contribution in [2.45, 2.75) is 38.3 Å². The fourth-order valence-electron chi connectivity index (χ4n) is 3.11. The number of halogens is 1. The molecule has 1 N–H and O–H groups in total. The molecule has 0 spiro atoms. The highest BCUT2D eigenvalue weighted by atomic mass is 35.5. The first-order valence-corrected chi connectivity index (χ1v) is 7.74. The van der Waals surface area contributed by atoms with Gasteiger partial charge >= 0.3 is 0 Å². The lowest BCUT2D eigenvalue weighted by Gasteiger charge is -2.13. The first kappa shape index (κ1) is 13.7. The van der Waals surface area contributed by atoms with E-state index in [1.807, 2.05) is 12.1 Å². The van der Waals surface area contributed by atoms with Crippen molar-refractivity contribution >= 4 is 11.6 Å². The Morgan fingerprint density at radius 3 is 2.75 bits per heavy atom. The first-order valence-electron chi connectivity index (χ1n) is 7.36. The third kappa shape index (κ3) is 2.92. The van der Waals surface area contributed by atoms with Crippen molar-refractivity contribution in [2.75, 3.05) is 7.05 Å². The maximum atomic E-state index is 5.94. The Bertz CT molecular complexity index is 571. The Labute approximate surface area is 125 Å². The Hall–Kier alpha value is -1.25. The number of fused-ring (bicyclic) bond motifs is 1. The highest BCUT2D eigenvalue weighted by Gasteiger charge is 2.19. The molecule has 0 saturated carbocycles. The molecule has 0 saturated heterocycles. The van der Waals surface area contributed by atoms with Crippen LogP contribution in [-0.4, -0.2) is 11.6 Å². The third-order valence-electron chi connectivity index (χ3n) is 4.19. The molecule has 1 aromatic carbocycles. The van der Waals surface area contributed by atoms with Gasteiger partial charge in [0.25, 0.3) is 0 Å². The van der Waals surface area contributed by atoms with Gasteiger partial charge in [-0.3, -0.25) is 0 Å². The van der Waals surface area contributed by atoms with E-state index in [2.05, 4.69) is 41.5 Å². The van der Waals surface area contributed by atoms with Crippen molar-refractivity contribution in [3.05, 3.63) is 58.4 Å². The number of aryl methyl sites for hydroxylation is 1. The summed E-state index contributed by atoms with van der Waals surface area (Å²) in [6, 6.07) is 8.63. The van der Waals surface area contributed by atoms with Gasteiger partial charge in [0, 0.05) is 30.0 Å². The van der Waals surface area contributed by atoms with Crippen LogP contribution in [0.3, 0.4) is 0 Å². The van der Waals surface area contributed by atoms with Crippen LogP contribution in [0.4, 0.5) is 0 Å². The van der Waals surface area contributed by atoms with Crippen LogP contribution in [0.5, 0.6) is 0 Å². The molecule has 106 valence electrons. The second-order valence-corrected chi connectivity index (χ2v) is 6.06. The standard InChI is InChI=1S/C17H21ClN2/c1-19-17-5-3-2-4-14-11-20(12-16(14)17)10-13-6-8-15(18)9-7-13/h6-9,11-12,17,19H,2-5,10H2,1H3. The van der Waals surface area contributed by atoms with Crippen LogP contribution in [0, 0.1) is 0 Å². The zero-order valence-corrected chi connectivity index (χ0v) is 12.7. The van der Waals surface area contributed by atoms with E-state index in [0.717, 1.165) is 11.6 Å². The third-order valence-corrected chi connectivity index (χ3v) is 4.44. The summed E-state index contributed by atoms with van der Waals surface area (Å²) in [7, 11) is 2.07. The molecule has 3 rings (SSSR count). The summed E-state index contributed by atoms with van der Waals surface area (Å²) in [5.74, 6) is 0. The van der Waals surface area contributed by atoms with E-state index in [1.54, 1.807) is 0 Å². The van der Waals surface area contributed by atoms with Crippen LogP contribution < -0.4 is 5.32 Å². The topological polar surface area (TPSA) is 17.0 Å². The number of rotatable bonds is 3. The first-order chi connectivity index (χ1) is 9.76. The van der Waals surface area contributed by atoms with Crippen molar-refractivity contribution in [3.8, 4) is 0 Å². The van der Waals surface area contributed by atoms with Crippen LogP contribution in [0.2, 0.25) is 5.02 Å². The number of aromatic nitrogens is 1. The van der Waals surface area contributed by atoms with Crippen LogP contribution in [0.1, 0.15) is 42.0 Å². The summed E-state index contributed by atoms with van der Waals surface area (Å²) in [5.41, 5.74) is 4.29. The van der Waals surface area contributed by atoms with E-state index in [-0.39, 0.29) is 0 Å². The van der Waals surface area contributed by atoms with Crippen LogP contribution in [-0.2, 0) is 13.0 Å². The van der Waals surface area contributed by atoms with Gasteiger partial charge in [0.05, 0.1) is 0 Å². The maximum Gasteiger partial charge on any atom is 0.0470 e. The van der Waals surface area contributed by atoms with Crippen molar-refractivity contribution < 1.29 is 0 Å². The normalized spacial score (nSPS) is 18.6. The van der Waals surface area contributed by atoms with Gasteiger partial charge in [-0.2, -0.15) is 0 Å². The van der Waals surface area contributed by atoms with E-state index in [4.69, 9.17) is 11.6 Å². The Morgan fingerprint density at radius 1 is 1.20 bits per heavy atom. The molecule has 20 heavy (non-hydrogen) atoms. The highest BCUT2D eigenvalue weighted by molar-refractivity contribution is 6.30. The Morgan fingerprint density at radius 2 is 2.00 bits per heavy atom. The van der Waals surface area contributed by atoms with Gasteiger partial charge in [0.15, 0.2) is 0 Å². The van der Waals surface area contributed by atoms with Crippen LogP contribution in [0.15, 0.2) is 36.7 Å². The largest absolute Gasteiger partial charge is 0.349 e. The lowest BCUT2D eigenvalue weighted by molar-refractivity contribution is 0.531. The molecule has 0 aliphatic heterocycles. The maximum absolute atomic E-state index is 5.94. The predicted molar refractivity (Wildman–Crippen MR) is 84.3 cm³/mol. The van der Waals surface area contributed by atoms with Gasteiger partial charge in [0.2, 0.25) is 0 Å². The predicted octanol–water partition coefficient (Wildman–Crippen LogP) is 4.18. The van der Waals surface area contributed by atoms with E-state index in [1.165, 1.54) is 42.4 Å². The van der Waals surface area contributed by atoms with Crippen molar-refractivity contribution in [1.82, 2.24) is 9.88 Å². The van der Waals surface area contributed by atoms with Crippen molar-refractivity contribution in [1.29, 1.82) is 0 Å². The summed E-state index contributed by atoms with van der Waals surface area (Å²) in [6.45, 7) is 0.917. The zero-order valence-electron chi connectivity index (χ0n) is 11.9. The molecule has 0 amide bonds. The molecular weight excluding hydrogens is 268 g/mol. The Balaban J connectivity index is 1.83. The van der Waals surface area contributed by atoms with E-state index in [0.29, 0.717) is 6.04 Å². The summed E-state index contributed by atoms with van der Waals surface area (Å²) in [4.78, 5) is 0. The SMILES string of the molecule is CNC1CCCCc2cn(Cc3ccc(Cl)cc3)cc21. The molecule has 3 heteroatoms. The number of nitrogens with one attached hydrogen (secondary N) is 1. The average Bonchev–Trinajstić information content (AvgIpc) is 2.75. The minimum Gasteiger partial charge on any atom is -0.349 e. The van der Waals surface area contributed by atoms with Gasteiger partial charge in [-0.25, -0.2) is 0 Å². The molecule has 0 fully saturated rings. The second kappa shape index (κ2) is 6.02. The summed E-state index contributed by atoms with van der Waals surface area (Å²) < 4.78 is 2.31. The quantitative estimate of drug-likeness (QED) is 0.839. The van der Waals surface area contributed by atoms with E-state index in [9.17, 15) is 0 Å². The minimum absolute atomic E-state index is 0.513. The molecule has 1 heterocycles. The van der Waals surface area contributed by atoms with Gasteiger partial charge in [0.1, 0.15) is 0 Å². The average molecular weight is 289 g/mol. The van der Waals surface area contributed by atoms with Gasteiger partial charge < -0.3 is 9.88 Å². The van der Waals surface area contributed by atoms with Crippen LogP contribution >= 0.6 is 11.6 Å². The monoisotopic (exact) mass is 288 g/mol. The second-order valence-electron chi connectivity index (χ2n) is 5.62. The van der Waals surface area contributed by atoms with Crippen molar-refractivity contribution in [3.63, 3.8) is 0 Å². The fraction of sp³-hybridized carbons (Fsp3) is 0.412. The summed E-state index contributed by atoms with van der Waals surface area (Å²) in [6.07, 6.45) is 9.71. The lowest BCUT2D eigenvalue weighted by Crippen LogP contribution is -2.15. The zero-order chi connectivity index (χ0) is 13.9. The number of hydrogen-bond acceptors (Lipinski definition) is 1. The molecule has 1 aromatic heterocycles. The number of hydrogen-bond donors (Lipinski definition) is 1. The van der Waals surface area contributed by atoms with Crippen molar-refractivity contribution in [2.24, 2.45) is 0 Å². The molecule has 0 bridgehead atoms. The minimum atomic E-state index is 0.513. The molecule has 1 aliphatic carbocycles. The summed E-state index contributed by atoms with van der Waals surface area (Å²) in [5, 5.41) is 4.25. The molecular formula is C17H21ClN2. The highest BCUT2D eigenvalue weighted by Crippen LogP contribution is 2.29. The summed E-state index contributed by atoms with van der Waals surface area (Å²) >= 11 is 5.94. The molecule has 2 nitrogen and oxygen atoms in total. The Kier molecular flexibility index (Phi) is 4.13. The molecule has 2 aromatic rings. The van der Waals surface area contributed by atoms with E-state index < -0.39 is 0 Å². The lowest BCUT2D eigenvalue weighted by atomic mass is 10.1. The molecule has 1 atom stereocenters. The van der Waals surface area contributed by atoms with Gasteiger partial charge in [-0.15, -0.1) is 0 Å². The molecule has 1 aliphatic rings. The molecule has 0 radical (unpaired) electrons. The molecule has 1 unspecified atom stereocenters. The number of nitrogens with zero attached hydrogens (tertiary/aromatic N) is 1. The van der Waals surface area contributed by atoms with Gasteiger partial charge in [-0.1, -0.05) is 30.2 Å². The van der Waals surface area contributed by atoms with Gasteiger partial charge in [-0.05, 0) is 55.1 Å². The van der Waals surface area contributed by atoms with Crippen LogP contribution in [0.25, 0.3) is 0 Å². The fourth-order valence-corrected chi connectivity index (χ4v) is 3.23. The smallest absolute Gasteiger partial charge is 0.0470 e. The number of benzene rings is 1.